The lowest BCUT2D eigenvalue weighted by Gasteiger charge is -2.49. The number of rotatable bonds is 6. The molecule has 4 rings (SSSR count). The summed E-state index contributed by atoms with van der Waals surface area (Å²) in [6.07, 6.45) is 3.83. The van der Waals surface area contributed by atoms with Gasteiger partial charge in [0.05, 0.1) is 6.42 Å². The van der Waals surface area contributed by atoms with E-state index in [0.29, 0.717) is 25.0 Å². The van der Waals surface area contributed by atoms with Crippen molar-refractivity contribution < 1.29 is 14.6 Å². The minimum atomic E-state index is -0.714. The predicted molar refractivity (Wildman–Crippen MR) is 83.7 cm³/mol. The first-order valence-corrected chi connectivity index (χ1v) is 8.07. The highest BCUT2D eigenvalue weighted by Crippen LogP contribution is 2.37. The van der Waals surface area contributed by atoms with Gasteiger partial charge in [-0.25, -0.2) is 0 Å². The van der Waals surface area contributed by atoms with Crippen LogP contribution in [0.4, 0.5) is 0 Å². The number of carboxylic acid groups (broad SMARTS) is 1. The molecule has 2 aliphatic heterocycles. The van der Waals surface area contributed by atoms with Crippen molar-refractivity contribution in [3.63, 3.8) is 0 Å². The molecule has 3 fully saturated rings. The summed E-state index contributed by atoms with van der Waals surface area (Å²) in [6.45, 7) is 2.17. The monoisotopic (exact) mass is 304 g/mol. The van der Waals surface area contributed by atoms with Crippen molar-refractivity contribution in [3.8, 4) is 5.75 Å². The van der Waals surface area contributed by atoms with Gasteiger partial charge in [0.15, 0.2) is 0 Å². The van der Waals surface area contributed by atoms with Crippen LogP contribution in [0.15, 0.2) is 24.3 Å². The molecule has 3 aliphatic rings. The summed E-state index contributed by atoms with van der Waals surface area (Å²) in [5.41, 5.74) is 6.72. The van der Waals surface area contributed by atoms with Crippen molar-refractivity contribution in [2.24, 2.45) is 11.7 Å². The second kappa shape index (κ2) is 6.67. The van der Waals surface area contributed by atoms with E-state index in [-0.39, 0.29) is 12.5 Å². The van der Waals surface area contributed by atoms with Crippen molar-refractivity contribution in [2.45, 2.75) is 44.4 Å². The summed E-state index contributed by atoms with van der Waals surface area (Å²) in [6, 6.07) is 8.47. The minimum absolute atomic E-state index is 0.231. The van der Waals surface area contributed by atoms with E-state index < -0.39 is 5.97 Å². The first-order chi connectivity index (χ1) is 10.7. The smallest absolute Gasteiger partial charge is 0.304 e. The Morgan fingerprint density at radius 3 is 2.68 bits per heavy atom. The van der Waals surface area contributed by atoms with Crippen LogP contribution >= 0.6 is 0 Å². The summed E-state index contributed by atoms with van der Waals surface area (Å²) in [5, 5.41) is 8.84. The van der Waals surface area contributed by atoms with E-state index in [1.807, 2.05) is 24.3 Å². The average Bonchev–Trinajstić information content (AvgIpc) is 2.54. The lowest BCUT2D eigenvalue weighted by atomic mass is 9.77. The number of carbonyl (C=O) groups is 1. The number of nitrogens with two attached hydrogens (primary N) is 1. The van der Waals surface area contributed by atoms with Crippen molar-refractivity contribution >= 4 is 5.97 Å². The van der Waals surface area contributed by atoms with E-state index in [1.54, 1.807) is 0 Å². The molecule has 0 radical (unpaired) electrons. The summed E-state index contributed by atoms with van der Waals surface area (Å²) in [7, 11) is 0. The lowest BCUT2D eigenvalue weighted by molar-refractivity contribution is -0.138. The fourth-order valence-corrected chi connectivity index (χ4v) is 3.70. The number of hydrogen-bond acceptors (Lipinski definition) is 4. The Kier molecular flexibility index (Phi) is 4.64. The molecule has 1 aliphatic carbocycles. The third kappa shape index (κ3) is 3.42. The highest BCUT2D eigenvalue weighted by Gasteiger charge is 2.41. The maximum absolute atomic E-state index is 10.7. The number of piperidine rings is 2. The molecule has 1 aromatic carbocycles. The molecular formula is C17H24N2O3. The number of hydrogen-bond donors (Lipinski definition) is 2. The van der Waals surface area contributed by atoms with Gasteiger partial charge in [0.25, 0.3) is 0 Å². The Bertz CT molecular complexity index is 517. The molecule has 5 heteroatoms. The molecule has 0 spiro atoms. The Morgan fingerprint density at radius 1 is 1.32 bits per heavy atom. The Labute approximate surface area is 131 Å². The summed E-state index contributed by atoms with van der Waals surface area (Å²) in [4.78, 5) is 13.1. The quantitative estimate of drug-likeness (QED) is 0.839. The molecule has 120 valence electrons. The largest absolute Gasteiger partial charge is 0.490 e. The van der Waals surface area contributed by atoms with Crippen molar-refractivity contribution in [1.29, 1.82) is 0 Å². The Hall–Kier alpha value is -1.59. The van der Waals surface area contributed by atoms with Crippen LogP contribution in [-0.4, -0.2) is 41.2 Å². The van der Waals surface area contributed by atoms with Crippen LogP contribution in [-0.2, 0) is 11.3 Å². The zero-order valence-corrected chi connectivity index (χ0v) is 12.8. The van der Waals surface area contributed by atoms with E-state index >= 15 is 0 Å². The fraction of sp³-hybridized carbons (Fsp3) is 0.588. The van der Waals surface area contributed by atoms with Crippen LogP contribution in [0.2, 0.25) is 0 Å². The summed E-state index contributed by atoms with van der Waals surface area (Å²) in [5.74, 6) is 0.703. The molecular weight excluding hydrogens is 280 g/mol. The SMILES string of the molecule is NCc1ccc(OC2CC3CCC2CN3CCC(=O)O)cc1. The van der Waals surface area contributed by atoms with E-state index in [4.69, 9.17) is 15.6 Å². The number of fused-ring (bicyclic) bond motifs is 3. The number of carboxylic acids is 1. The predicted octanol–water partition coefficient (Wildman–Crippen LogP) is 1.85. The van der Waals surface area contributed by atoms with Crippen LogP contribution in [0.1, 0.15) is 31.2 Å². The molecule has 0 aromatic heterocycles. The standard InChI is InChI=1S/C17H24N2O3/c18-10-12-1-5-15(6-2-12)22-16-9-14-4-3-13(16)11-19(14)8-7-17(20)21/h1-2,5-6,13-14,16H,3-4,7-11,18H2,(H,20,21). The van der Waals surface area contributed by atoms with Gasteiger partial charge < -0.3 is 15.6 Å². The number of benzene rings is 1. The van der Waals surface area contributed by atoms with Gasteiger partial charge in [-0.2, -0.15) is 0 Å². The molecule has 1 aromatic rings. The van der Waals surface area contributed by atoms with E-state index in [2.05, 4.69) is 4.90 Å². The van der Waals surface area contributed by atoms with Crippen molar-refractivity contribution in [3.05, 3.63) is 29.8 Å². The molecule has 5 nitrogen and oxygen atoms in total. The van der Waals surface area contributed by atoms with Crippen molar-refractivity contribution in [1.82, 2.24) is 4.90 Å². The van der Waals surface area contributed by atoms with E-state index in [9.17, 15) is 4.79 Å². The number of nitrogens with zero attached hydrogens (tertiary/aromatic N) is 1. The molecule has 2 bridgehead atoms. The normalized spacial score (nSPS) is 27.8. The molecule has 3 atom stereocenters. The molecule has 0 amide bonds. The van der Waals surface area contributed by atoms with Gasteiger partial charge in [-0.3, -0.25) is 9.69 Å². The third-order valence-corrected chi connectivity index (χ3v) is 4.95. The highest BCUT2D eigenvalue weighted by atomic mass is 16.5. The molecule has 3 unspecified atom stereocenters. The second-order valence-corrected chi connectivity index (χ2v) is 6.37. The number of ether oxygens (including phenoxy) is 1. The highest BCUT2D eigenvalue weighted by molar-refractivity contribution is 5.66. The topological polar surface area (TPSA) is 75.8 Å². The van der Waals surface area contributed by atoms with Crippen LogP contribution in [0.25, 0.3) is 0 Å². The maximum Gasteiger partial charge on any atom is 0.304 e. The van der Waals surface area contributed by atoms with Gasteiger partial charge >= 0.3 is 5.97 Å². The van der Waals surface area contributed by atoms with Gasteiger partial charge in [0, 0.05) is 38.0 Å². The first-order valence-electron chi connectivity index (χ1n) is 8.07. The van der Waals surface area contributed by atoms with Crippen molar-refractivity contribution in [2.75, 3.05) is 13.1 Å². The van der Waals surface area contributed by atoms with Gasteiger partial charge in [-0.15, -0.1) is 0 Å². The zero-order valence-electron chi connectivity index (χ0n) is 12.8. The van der Waals surface area contributed by atoms with Crippen LogP contribution in [0, 0.1) is 5.92 Å². The van der Waals surface area contributed by atoms with Crippen LogP contribution in [0.5, 0.6) is 5.75 Å². The van der Waals surface area contributed by atoms with E-state index in [1.165, 1.54) is 6.42 Å². The fourth-order valence-electron chi connectivity index (χ4n) is 3.70. The first kappa shape index (κ1) is 15.3. The number of aliphatic carboxylic acids is 1. The zero-order chi connectivity index (χ0) is 15.5. The summed E-state index contributed by atoms with van der Waals surface area (Å²) >= 11 is 0. The average molecular weight is 304 g/mol. The van der Waals surface area contributed by atoms with E-state index in [0.717, 1.165) is 30.7 Å². The van der Waals surface area contributed by atoms with Crippen LogP contribution < -0.4 is 10.5 Å². The molecule has 1 saturated carbocycles. The van der Waals surface area contributed by atoms with Gasteiger partial charge in [-0.1, -0.05) is 12.1 Å². The molecule has 22 heavy (non-hydrogen) atoms. The second-order valence-electron chi connectivity index (χ2n) is 6.37. The van der Waals surface area contributed by atoms with Gasteiger partial charge in [0.1, 0.15) is 11.9 Å². The lowest BCUT2D eigenvalue weighted by Crippen LogP contribution is -2.55. The molecule has 2 heterocycles. The third-order valence-electron chi connectivity index (χ3n) is 4.95. The van der Waals surface area contributed by atoms with Crippen LogP contribution in [0.3, 0.4) is 0 Å². The summed E-state index contributed by atoms with van der Waals surface area (Å²) < 4.78 is 6.18. The molecule has 3 N–H and O–H groups in total. The maximum atomic E-state index is 10.7. The Balaban J connectivity index is 1.57. The molecule has 2 saturated heterocycles. The van der Waals surface area contributed by atoms with Gasteiger partial charge in [0.2, 0.25) is 0 Å². The van der Waals surface area contributed by atoms with Gasteiger partial charge in [-0.05, 0) is 30.5 Å². The minimum Gasteiger partial charge on any atom is -0.490 e. The Morgan fingerprint density at radius 2 is 2.09 bits per heavy atom.